The van der Waals surface area contributed by atoms with Crippen molar-refractivity contribution in [3.8, 4) is 5.75 Å². The van der Waals surface area contributed by atoms with Crippen molar-refractivity contribution < 1.29 is 19.0 Å². The average molecular weight is 578 g/mol. The number of rotatable bonds is 15. The van der Waals surface area contributed by atoms with Crippen LogP contribution in [0.15, 0.2) is 43.1 Å². The number of aromatic nitrogens is 6. The van der Waals surface area contributed by atoms with Crippen LogP contribution in [0.5, 0.6) is 5.75 Å². The quantitative estimate of drug-likeness (QED) is 0.179. The van der Waals surface area contributed by atoms with Crippen LogP contribution in [0, 0.1) is 5.82 Å². The summed E-state index contributed by atoms with van der Waals surface area (Å²) in [5.41, 5.74) is 3.62. The first kappa shape index (κ1) is 29.1. The average Bonchev–Trinajstić information content (AvgIpc) is 3.38. The summed E-state index contributed by atoms with van der Waals surface area (Å²) in [6.07, 6.45) is 10.8. The van der Waals surface area contributed by atoms with Gasteiger partial charge in [-0.2, -0.15) is 5.10 Å². The minimum absolute atomic E-state index is 0.315. The molecule has 4 aromatic heterocycles. The largest absolute Gasteiger partial charge is 0.491 e. The molecule has 3 N–H and O–H groups in total. The van der Waals surface area contributed by atoms with Gasteiger partial charge in [0.05, 0.1) is 18.6 Å². The van der Waals surface area contributed by atoms with Gasteiger partial charge in [-0.1, -0.05) is 6.07 Å². The van der Waals surface area contributed by atoms with Crippen LogP contribution in [0.25, 0.3) is 11.0 Å². The molecule has 0 saturated heterocycles. The van der Waals surface area contributed by atoms with Gasteiger partial charge < -0.3 is 20.5 Å². The molecule has 1 aliphatic rings. The Kier molecular flexibility index (Phi) is 9.70. The Bertz CT molecular complexity index is 1500. The van der Waals surface area contributed by atoms with Gasteiger partial charge in [0.15, 0.2) is 5.82 Å². The van der Waals surface area contributed by atoms with E-state index in [1.807, 2.05) is 0 Å². The smallest absolute Gasteiger partial charge is 0.326 e. The van der Waals surface area contributed by atoms with E-state index in [9.17, 15) is 14.3 Å². The van der Waals surface area contributed by atoms with Gasteiger partial charge in [-0.15, -0.1) is 0 Å². The standard InChI is InChI=1S/C29H36FN9O3/c1-38-26-25(18-35-38)33-19-34-28(26)37-24(29(40)41)9-12-39(13-14-42-23-15-21(30)16-31-17-23)11-3-2-6-22-8-7-20-5-4-10-32-27(20)36-22/h7-8,15-19,24H,2-6,9-14H2,1H3,(H,32,36)(H,40,41)(H,33,34,37)/t24-/m0/s1. The maximum absolute atomic E-state index is 13.5. The number of aryl methyl sites for hydroxylation is 3. The lowest BCUT2D eigenvalue weighted by atomic mass is 10.1. The third-order valence-corrected chi connectivity index (χ3v) is 7.34. The Labute approximate surface area is 243 Å². The van der Waals surface area contributed by atoms with Gasteiger partial charge in [-0.25, -0.2) is 24.1 Å². The molecule has 0 spiro atoms. The van der Waals surface area contributed by atoms with Crippen molar-refractivity contribution in [3.05, 3.63) is 60.2 Å². The molecule has 0 saturated carbocycles. The molecule has 0 unspecified atom stereocenters. The van der Waals surface area contributed by atoms with Gasteiger partial charge in [-0.05, 0) is 56.7 Å². The van der Waals surface area contributed by atoms with Crippen molar-refractivity contribution in [1.82, 2.24) is 34.6 Å². The van der Waals surface area contributed by atoms with Crippen molar-refractivity contribution in [2.24, 2.45) is 7.05 Å². The lowest BCUT2D eigenvalue weighted by Gasteiger charge is -2.25. The van der Waals surface area contributed by atoms with E-state index >= 15 is 0 Å². The molecule has 12 nitrogen and oxygen atoms in total. The first-order chi connectivity index (χ1) is 20.5. The third-order valence-electron chi connectivity index (χ3n) is 7.34. The van der Waals surface area contributed by atoms with E-state index in [-0.39, 0.29) is 0 Å². The number of pyridine rings is 2. The normalized spacial score (nSPS) is 13.5. The Balaban J connectivity index is 1.18. The Morgan fingerprint density at radius 2 is 2.12 bits per heavy atom. The maximum atomic E-state index is 13.5. The number of halogens is 1. The predicted octanol–water partition coefficient (Wildman–Crippen LogP) is 3.31. The summed E-state index contributed by atoms with van der Waals surface area (Å²) in [6.45, 7) is 3.08. The van der Waals surface area contributed by atoms with E-state index in [1.54, 1.807) is 17.9 Å². The van der Waals surface area contributed by atoms with Gasteiger partial charge in [0.25, 0.3) is 0 Å². The number of anilines is 2. The predicted molar refractivity (Wildman–Crippen MR) is 156 cm³/mol. The molecule has 0 aromatic carbocycles. The molecule has 0 aliphatic carbocycles. The summed E-state index contributed by atoms with van der Waals surface area (Å²) >= 11 is 0. The topological polar surface area (TPSA) is 143 Å². The fraction of sp³-hybridized carbons (Fsp3) is 0.448. The van der Waals surface area contributed by atoms with Crippen molar-refractivity contribution in [3.63, 3.8) is 0 Å². The van der Waals surface area contributed by atoms with Crippen molar-refractivity contribution in [1.29, 1.82) is 0 Å². The molecule has 4 aromatic rings. The molecular formula is C29H36FN9O3. The number of hydrogen-bond acceptors (Lipinski definition) is 10. The molecule has 1 aliphatic heterocycles. The zero-order chi connectivity index (χ0) is 29.3. The summed E-state index contributed by atoms with van der Waals surface area (Å²) < 4.78 is 20.9. The molecule has 222 valence electrons. The number of carboxylic acid groups (broad SMARTS) is 1. The summed E-state index contributed by atoms with van der Waals surface area (Å²) in [5, 5.41) is 20.6. The third kappa shape index (κ3) is 7.66. The van der Waals surface area contributed by atoms with Gasteiger partial charge in [-0.3, -0.25) is 14.6 Å². The van der Waals surface area contributed by atoms with E-state index in [2.05, 4.69) is 47.7 Å². The van der Waals surface area contributed by atoms with Crippen LogP contribution < -0.4 is 15.4 Å². The molecular weight excluding hydrogens is 541 g/mol. The second kappa shape index (κ2) is 14.0. The van der Waals surface area contributed by atoms with Gasteiger partial charge >= 0.3 is 5.97 Å². The van der Waals surface area contributed by atoms with Gasteiger partial charge in [0, 0.05) is 38.4 Å². The highest BCUT2D eigenvalue weighted by molar-refractivity contribution is 5.87. The minimum atomic E-state index is -0.974. The van der Waals surface area contributed by atoms with Crippen LogP contribution in [-0.2, 0) is 24.7 Å². The molecule has 0 radical (unpaired) electrons. The van der Waals surface area contributed by atoms with Crippen LogP contribution in [0.4, 0.5) is 16.0 Å². The van der Waals surface area contributed by atoms with E-state index in [4.69, 9.17) is 9.72 Å². The zero-order valence-electron chi connectivity index (χ0n) is 23.7. The van der Waals surface area contributed by atoms with Crippen LogP contribution >= 0.6 is 0 Å². The van der Waals surface area contributed by atoms with E-state index < -0.39 is 17.8 Å². The van der Waals surface area contributed by atoms with Gasteiger partial charge in [0.1, 0.15) is 47.4 Å². The Morgan fingerprint density at radius 3 is 2.98 bits per heavy atom. The molecule has 13 heteroatoms. The highest BCUT2D eigenvalue weighted by Crippen LogP contribution is 2.21. The number of unbranched alkanes of at least 4 members (excludes halogenated alkanes) is 1. The van der Waals surface area contributed by atoms with Crippen molar-refractivity contribution in [2.45, 2.75) is 44.6 Å². The molecule has 0 fully saturated rings. The first-order valence-corrected chi connectivity index (χ1v) is 14.3. The fourth-order valence-corrected chi connectivity index (χ4v) is 5.09. The highest BCUT2D eigenvalue weighted by atomic mass is 19.1. The van der Waals surface area contributed by atoms with E-state index in [0.717, 1.165) is 62.9 Å². The summed E-state index contributed by atoms with van der Waals surface area (Å²) in [4.78, 5) is 31.5. The molecule has 5 rings (SSSR count). The SMILES string of the molecule is Cn1ncc2ncnc(N[C@@H](CCN(CCCCc3ccc4c(n3)NCCC4)CCOc3cncc(F)c3)C(=O)O)c21. The Morgan fingerprint density at radius 1 is 1.21 bits per heavy atom. The van der Waals surface area contributed by atoms with E-state index in [1.165, 1.54) is 24.2 Å². The number of carboxylic acids is 1. The summed E-state index contributed by atoms with van der Waals surface area (Å²) in [6, 6.07) is 4.70. The van der Waals surface area contributed by atoms with Crippen molar-refractivity contribution in [2.75, 3.05) is 43.4 Å². The zero-order valence-corrected chi connectivity index (χ0v) is 23.7. The lowest BCUT2D eigenvalue weighted by molar-refractivity contribution is -0.138. The number of aliphatic carboxylic acids is 1. The van der Waals surface area contributed by atoms with E-state index in [0.29, 0.717) is 48.7 Å². The minimum Gasteiger partial charge on any atom is -0.491 e. The number of nitrogens with one attached hydrogen (secondary N) is 2. The number of fused-ring (bicyclic) bond motifs is 2. The second-order valence-corrected chi connectivity index (χ2v) is 10.4. The summed E-state index contributed by atoms with van der Waals surface area (Å²) in [5.74, 6) is 0.351. The van der Waals surface area contributed by atoms with Crippen molar-refractivity contribution >= 4 is 28.6 Å². The van der Waals surface area contributed by atoms with Crippen LogP contribution in [-0.4, -0.2) is 84.5 Å². The first-order valence-electron chi connectivity index (χ1n) is 14.3. The fourth-order valence-electron chi connectivity index (χ4n) is 5.09. The molecule has 0 bridgehead atoms. The molecule has 5 heterocycles. The lowest BCUT2D eigenvalue weighted by Crippen LogP contribution is -2.37. The second-order valence-electron chi connectivity index (χ2n) is 10.4. The van der Waals surface area contributed by atoms with Crippen LogP contribution in [0.3, 0.4) is 0 Å². The molecule has 0 amide bonds. The van der Waals surface area contributed by atoms with Gasteiger partial charge in [0.2, 0.25) is 0 Å². The maximum Gasteiger partial charge on any atom is 0.326 e. The number of ether oxygens (including phenoxy) is 1. The molecule has 1 atom stereocenters. The number of carbonyl (C=O) groups is 1. The number of hydrogen-bond donors (Lipinski definition) is 3. The molecule has 42 heavy (non-hydrogen) atoms. The van der Waals surface area contributed by atoms with Crippen LogP contribution in [0.2, 0.25) is 0 Å². The monoisotopic (exact) mass is 577 g/mol. The highest BCUT2D eigenvalue weighted by Gasteiger charge is 2.21. The summed E-state index contributed by atoms with van der Waals surface area (Å²) in [7, 11) is 1.76. The van der Waals surface area contributed by atoms with Crippen LogP contribution in [0.1, 0.15) is 36.9 Å². The Hall–Kier alpha value is -4.39. The number of nitrogens with zero attached hydrogens (tertiary/aromatic N) is 7.